The quantitative estimate of drug-likeness (QED) is 0.623. The zero-order chi connectivity index (χ0) is 15.1. The molecule has 106 valence electrons. The van der Waals surface area contributed by atoms with Gasteiger partial charge in [0.15, 0.2) is 18.1 Å². The predicted octanol–water partition coefficient (Wildman–Crippen LogP) is 2.55. The van der Waals surface area contributed by atoms with Gasteiger partial charge in [0.1, 0.15) is 11.8 Å². The molecule has 0 aromatic heterocycles. The van der Waals surface area contributed by atoms with E-state index in [1.165, 1.54) is 7.11 Å². The molecule has 2 rings (SSSR count). The van der Waals surface area contributed by atoms with Crippen LogP contribution in [-0.4, -0.2) is 19.7 Å². The van der Waals surface area contributed by atoms with Crippen LogP contribution in [0, 0.1) is 11.3 Å². The van der Waals surface area contributed by atoms with Gasteiger partial charge in [-0.15, -0.1) is 0 Å². The third kappa shape index (κ3) is 3.74. The van der Waals surface area contributed by atoms with Crippen LogP contribution in [0.2, 0.25) is 0 Å². The van der Waals surface area contributed by atoms with Crippen LogP contribution in [0.15, 0.2) is 48.5 Å². The van der Waals surface area contributed by atoms with E-state index >= 15 is 0 Å². The summed E-state index contributed by atoms with van der Waals surface area (Å²) in [5.41, 5.74) is 0.295. The molecule has 0 bridgehead atoms. The summed E-state index contributed by atoms with van der Waals surface area (Å²) in [5, 5.41) is 8.92. The topological polar surface area (TPSA) is 68.6 Å². The number of para-hydroxylation sites is 3. The van der Waals surface area contributed by atoms with Gasteiger partial charge in [0.25, 0.3) is 0 Å². The molecular formula is C16H13NO4. The zero-order valence-corrected chi connectivity index (χ0v) is 11.4. The summed E-state index contributed by atoms with van der Waals surface area (Å²) in [5.74, 6) is 0.602. The van der Waals surface area contributed by atoms with E-state index in [0.717, 1.165) is 0 Å². The molecule has 0 N–H and O–H groups in total. The minimum Gasteiger partial charge on any atom is -0.493 e. The summed E-state index contributed by atoms with van der Waals surface area (Å²) >= 11 is 0. The van der Waals surface area contributed by atoms with E-state index in [2.05, 4.69) is 0 Å². The van der Waals surface area contributed by atoms with E-state index in [1.54, 1.807) is 48.5 Å². The minimum atomic E-state index is -0.594. The summed E-state index contributed by atoms with van der Waals surface area (Å²) in [6.45, 7) is -0.278. The van der Waals surface area contributed by atoms with Gasteiger partial charge in [-0.3, -0.25) is 0 Å². The van der Waals surface area contributed by atoms with E-state index in [4.69, 9.17) is 19.5 Å². The van der Waals surface area contributed by atoms with Crippen molar-refractivity contribution in [2.75, 3.05) is 13.7 Å². The number of carbonyl (C=O) groups is 1. The molecule has 0 spiro atoms. The van der Waals surface area contributed by atoms with Gasteiger partial charge in [0.2, 0.25) is 0 Å². The van der Waals surface area contributed by atoms with Crippen LogP contribution in [0.3, 0.4) is 0 Å². The van der Waals surface area contributed by atoms with Gasteiger partial charge in [0.05, 0.1) is 12.7 Å². The number of carbonyl (C=O) groups excluding carboxylic acids is 1. The highest BCUT2D eigenvalue weighted by atomic mass is 16.6. The molecule has 5 nitrogen and oxygen atoms in total. The van der Waals surface area contributed by atoms with Crippen LogP contribution in [0.4, 0.5) is 0 Å². The maximum absolute atomic E-state index is 11.8. The molecule has 0 heterocycles. The summed E-state index contributed by atoms with van der Waals surface area (Å²) in [7, 11) is 1.52. The molecule has 0 unspecified atom stereocenters. The van der Waals surface area contributed by atoms with Gasteiger partial charge in [-0.1, -0.05) is 24.3 Å². The third-order valence-corrected chi connectivity index (χ3v) is 2.65. The van der Waals surface area contributed by atoms with Crippen molar-refractivity contribution in [1.29, 1.82) is 5.26 Å². The Kier molecular flexibility index (Phi) is 4.78. The number of esters is 1. The second-order valence-electron chi connectivity index (χ2n) is 4.02. The van der Waals surface area contributed by atoms with Crippen molar-refractivity contribution in [2.45, 2.75) is 0 Å². The van der Waals surface area contributed by atoms with E-state index in [9.17, 15) is 4.79 Å². The van der Waals surface area contributed by atoms with Crippen LogP contribution < -0.4 is 14.2 Å². The zero-order valence-electron chi connectivity index (χ0n) is 11.4. The van der Waals surface area contributed by atoms with Crippen LogP contribution >= 0.6 is 0 Å². The molecule has 2 aromatic rings. The Morgan fingerprint density at radius 1 is 1.05 bits per heavy atom. The molecule has 0 radical (unpaired) electrons. The van der Waals surface area contributed by atoms with Crippen molar-refractivity contribution in [2.24, 2.45) is 0 Å². The van der Waals surface area contributed by atoms with Crippen molar-refractivity contribution in [3.8, 4) is 23.3 Å². The number of methoxy groups -OCH3 is 1. The lowest BCUT2D eigenvalue weighted by Crippen LogP contribution is -2.18. The average Bonchev–Trinajstić information content (AvgIpc) is 2.53. The Bertz CT molecular complexity index is 676. The summed E-state index contributed by atoms with van der Waals surface area (Å²) < 4.78 is 15.6. The molecule has 0 saturated heterocycles. The molecule has 0 fully saturated rings. The molecule has 0 aliphatic carbocycles. The van der Waals surface area contributed by atoms with Gasteiger partial charge >= 0.3 is 5.97 Å². The average molecular weight is 283 g/mol. The van der Waals surface area contributed by atoms with Gasteiger partial charge < -0.3 is 14.2 Å². The highest BCUT2D eigenvalue weighted by molar-refractivity contribution is 5.74. The first kappa shape index (κ1) is 14.4. The lowest BCUT2D eigenvalue weighted by molar-refractivity contribution is -0.136. The Morgan fingerprint density at radius 2 is 1.67 bits per heavy atom. The van der Waals surface area contributed by atoms with E-state index in [1.807, 2.05) is 6.07 Å². The lowest BCUT2D eigenvalue weighted by Gasteiger charge is -2.10. The fraction of sp³-hybridized carbons (Fsp3) is 0.125. The first-order valence-electron chi connectivity index (χ1n) is 6.20. The molecule has 5 heteroatoms. The fourth-order valence-electron chi connectivity index (χ4n) is 1.67. The molecule has 0 aliphatic rings. The Labute approximate surface area is 122 Å². The van der Waals surface area contributed by atoms with Crippen LogP contribution in [0.5, 0.6) is 17.2 Å². The van der Waals surface area contributed by atoms with Crippen LogP contribution in [0.25, 0.3) is 0 Å². The van der Waals surface area contributed by atoms with Crippen molar-refractivity contribution >= 4 is 5.97 Å². The maximum Gasteiger partial charge on any atom is 0.349 e. The highest BCUT2D eigenvalue weighted by Crippen LogP contribution is 2.25. The number of hydrogen-bond donors (Lipinski definition) is 0. The first-order chi connectivity index (χ1) is 10.2. The molecule has 0 atom stereocenters. The largest absolute Gasteiger partial charge is 0.493 e. The summed E-state index contributed by atoms with van der Waals surface area (Å²) in [6, 6.07) is 15.5. The monoisotopic (exact) mass is 283 g/mol. The molecule has 0 saturated carbocycles. The van der Waals surface area contributed by atoms with Gasteiger partial charge in [0, 0.05) is 0 Å². The van der Waals surface area contributed by atoms with Crippen molar-refractivity contribution < 1.29 is 19.0 Å². The van der Waals surface area contributed by atoms with Crippen molar-refractivity contribution in [1.82, 2.24) is 0 Å². The number of benzene rings is 2. The second kappa shape index (κ2) is 6.96. The number of hydrogen-bond acceptors (Lipinski definition) is 5. The highest BCUT2D eigenvalue weighted by Gasteiger charge is 2.11. The Hall–Kier alpha value is -3.00. The van der Waals surface area contributed by atoms with Crippen molar-refractivity contribution in [3.63, 3.8) is 0 Å². The second-order valence-corrected chi connectivity index (χ2v) is 4.02. The molecule has 21 heavy (non-hydrogen) atoms. The molecule has 2 aromatic carbocycles. The van der Waals surface area contributed by atoms with Gasteiger partial charge in [-0.2, -0.15) is 5.26 Å². The molecule has 0 aliphatic heterocycles. The third-order valence-electron chi connectivity index (χ3n) is 2.65. The smallest absolute Gasteiger partial charge is 0.349 e. The molecule has 0 amide bonds. The summed E-state index contributed by atoms with van der Waals surface area (Å²) in [6.07, 6.45) is 0. The minimum absolute atomic E-state index is 0.216. The van der Waals surface area contributed by atoms with Crippen LogP contribution in [0.1, 0.15) is 5.56 Å². The standard InChI is InChI=1S/C16H13NO4/c1-19-14-8-4-5-9-15(14)20-11-16(18)21-13-7-3-2-6-12(13)10-17/h2-9H,11H2,1H3. The Morgan fingerprint density at radius 3 is 2.33 bits per heavy atom. The number of rotatable bonds is 5. The lowest BCUT2D eigenvalue weighted by atomic mass is 10.2. The van der Waals surface area contributed by atoms with E-state index in [-0.39, 0.29) is 12.4 Å². The fourth-order valence-corrected chi connectivity index (χ4v) is 1.67. The van der Waals surface area contributed by atoms with E-state index in [0.29, 0.717) is 17.1 Å². The predicted molar refractivity (Wildman–Crippen MR) is 75.3 cm³/mol. The van der Waals surface area contributed by atoms with Gasteiger partial charge in [-0.25, -0.2) is 4.79 Å². The Balaban J connectivity index is 1.98. The maximum atomic E-state index is 11.8. The normalized spacial score (nSPS) is 9.52. The number of nitriles is 1. The van der Waals surface area contributed by atoms with Crippen molar-refractivity contribution in [3.05, 3.63) is 54.1 Å². The number of nitrogens with zero attached hydrogens (tertiary/aromatic N) is 1. The SMILES string of the molecule is COc1ccccc1OCC(=O)Oc1ccccc1C#N. The number of ether oxygens (including phenoxy) is 3. The van der Waals surface area contributed by atoms with Crippen LogP contribution in [-0.2, 0) is 4.79 Å². The van der Waals surface area contributed by atoms with E-state index < -0.39 is 5.97 Å². The summed E-state index contributed by atoms with van der Waals surface area (Å²) in [4.78, 5) is 11.8. The van der Waals surface area contributed by atoms with Gasteiger partial charge in [-0.05, 0) is 24.3 Å². The first-order valence-corrected chi connectivity index (χ1v) is 6.20. The molecular weight excluding hydrogens is 270 g/mol.